The first kappa shape index (κ1) is 10.6. The summed E-state index contributed by atoms with van der Waals surface area (Å²) in [5.41, 5.74) is 6.77. The van der Waals surface area contributed by atoms with Gasteiger partial charge in [-0.1, -0.05) is 11.6 Å². The van der Waals surface area contributed by atoms with Crippen LogP contribution in [0.5, 0.6) is 0 Å². The highest BCUT2D eigenvalue weighted by atomic mass is 35.5. The molecule has 0 aromatic carbocycles. The smallest absolute Gasteiger partial charge is 0.152 e. The Balaban J connectivity index is 0.000001000. The van der Waals surface area contributed by atoms with E-state index < -0.39 is 0 Å². The molecule has 0 spiro atoms. The maximum absolute atomic E-state index is 5.68. The van der Waals surface area contributed by atoms with E-state index >= 15 is 0 Å². The number of nitrogens with zero attached hydrogens (tertiary/aromatic N) is 2. The minimum atomic E-state index is 0. The molecule has 0 saturated carbocycles. The van der Waals surface area contributed by atoms with Crippen LogP contribution in [-0.2, 0) is 6.54 Å². The van der Waals surface area contributed by atoms with E-state index in [2.05, 4.69) is 9.97 Å². The summed E-state index contributed by atoms with van der Waals surface area (Å²) in [5.74, 6) is 0. The summed E-state index contributed by atoms with van der Waals surface area (Å²) in [6, 6.07) is 0. The molecule has 3 nitrogen and oxygen atoms in total. The van der Waals surface area contributed by atoms with Gasteiger partial charge < -0.3 is 5.73 Å². The highest BCUT2D eigenvalue weighted by Crippen LogP contribution is 2.08. The fourth-order valence-electron chi connectivity index (χ4n) is 0.610. The number of hydrogen-bond donors (Lipinski definition) is 1. The molecular weight excluding hydrogens is 185 g/mol. The van der Waals surface area contributed by atoms with Crippen molar-refractivity contribution in [2.45, 2.75) is 13.5 Å². The zero-order valence-electron chi connectivity index (χ0n) is 6.04. The monoisotopic (exact) mass is 193 g/mol. The summed E-state index contributed by atoms with van der Waals surface area (Å²) < 4.78 is 0. The largest absolute Gasteiger partial charge is 0.325 e. The predicted molar refractivity (Wildman–Crippen MR) is 46.9 cm³/mol. The lowest BCUT2D eigenvalue weighted by Crippen LogP contribution is -2.02. The molecule has 11 heavy (non-hydrogen) atoms. The number of hydrogen-bond acceptors (Lipinski definition) is 3. The van der Waals surface area contributed by atoms with Crippen LogP contribution in [0.15, 0.2) is 6.20 Å². The molecule has 0 aliphatic heterocycles. The average molecular weight is 194 g/mol. The van der Waals surface area contributed by atoms with E-state index in [-0.39, 0.29) is 12.4 Å². The van der Waals surface area contributed by atoms with Gasteiger partial charge in [-0.15, -0.1) is 12.4 Å². The summed E-state index contributed by atoms with van der Waals surface area (Å²) in [6.45, 7) is 2.17. The molecule has 0 radical (unpaired) electrons. The van der Waals surface area contributed by atoms with Crippen LogP contribution >= 0.6 is 24.0 Å². The number of nitrogens with two attached hydrogens (primary N) is 1. The maximum atomic E-state index is 5.68. The van der Waals surface area contributed by atoms with Crippen LogP contribution in [0.1, 0.15) is 11.4 Å². The second-order valence-corrected chi connectivity index (χ2v) is 2.31. The third kappa shape index (κ3) is 2.61. The molecule has 0 aliphatic carbocycles. The van der Waals surface area contributed by atoms with Gasteiger partial charge in [0.1, 0.15) is 0 Å². The van der Waals surface area contributed by atoms with Gasteiger partial charge in [-0.2, -0.15) is 0 Å². The molecule has 5 heteroatoms. The van der Waals surface area contributed by atoms with E-state index in [4.69, 9.17) is 17.3 Å². The Hall–Kier alpha value is -0.380. The highest BCUT2D eigenvalue weighted by Gasteiger charge is 1.99. The van der Waals surface area contributed by atoms with Crippen molar-refractivity contribution in [1.29, 1.82) is 0 Å². The van der Waals surface area contributed by atoms with Crippen LogP contribution in [0.4, 0.5) is 0 Å². The predicted octanol–water partition coefficient (Wildman–Crippen LogP) is 1.32. The summed E-state index contributed by atoms with van der Waals surface area (Å²) in [6.07, 6.45) is 1.65. The maximum Gasteiger partial charge on any atom is 0.152 e. The van der Waals surface area contributed by atoms with Crippen molar-refractivity contribution in [2.24, 2.45) is 5.73 Å². The van der Waals surface area contributed by atoms with Gasteiger partial charge in [0.25, 0.3) is 0 Å². The van der Waals surface area contributed by atoms with Gasteiger partial charge in [0, 0.05) is 12.7 Å². The first-order valence-corrected chi connectivity index (χ1v) is 3.30. The highest BCUT2D eigenvalue weighted by molar-refractivity contribution is 6.30. The summed E-state index contributed by atoms with van der Waals surface area (Å²) in [5, 5.41) is 0.405. The van der Waals surface area contributed by atoms with Crippen LogP contribution < -0.4 is 5.73 Å². The van der Waals surface area contributed by atoms with Crippen LogP contribution in [0.2, 0.25) is 5.15 Å². The second kappa shape index (κ2) is 4.49. The molecule has 1 heterocycles. The lowest BCUT2D eigenvalue weighted by Gasteiger charge is -1.97. The van der Waals surface area contributed by atoms with E-state index in [1.165, 1.54) is 0 Å². The third-order valence-electron chi connectivity index (χ3n) is 1.11. The average Bonchev–Trinajstić information content (AvgIpc) is 1.88. The third-order valence-corrected chi connectivity index (χ3v) is 1.42. The Morgan fingerprint density at radius 3 is 2.73 bits per heavy atom. The molecule has 62 valence electrons. The molecule has 2 N–H and O–H groups in total. The molecule has 1 aromatic heterocycles. The fraction of sp³-hybridized carbons (Fsp3) is 0.333. The second-order valence-electron chi connectivity index (χ2n) is 1.95. The standard InChI is InChI=1S/C6H8ClN3.ClH/c1-4-3-9-5(2-8)6(7)10-4;/h3H,2,8H2,1H3;1H. The molecule has 0 fully saturated rings. The Labute approximate surface area is 76.4 Å². The van der Waals surface area contributed by atoms with Gasteiger partial charge in [0.2, 0.25) is 0 Å². The molecule has 0 bridgehead atoms. The van der Waals surface area contributed by atoms with E-state index in [1.54, 1.807) is 6.20 Å². The molecule has 0 saturated heterocycles. The molecule has 0 aliphatic rings. The Kier molecular flexibility index (Phi) is 4.33. The lowest BCUT2D eigenvalue weighted by atomic mass is 10.4. The quantitative estimate of drug-likeness (QED) is 0.733. The molecule has 0 atom stereocenters. The van der Waals surface area contributed by atoms with Crippen molar-refractivity contribution in [2.75, 3.05) is 0 Å². The van der Waals surface area contributed by atoms with Gasteiger partial charge in [-0.3, -0.25) is 4.98 Å². The fourth-order valence-corrected chi connectivity index (χ4v) is 0.869. The van der Waals surface area contributed by atoms with Crippen molar-refractivity contribution in [3.63, 3.8) is 0 Å². The van der Waals surface area contributed by atoms with Crippen molar-refractivity contribution >= 4 is 24.0 Å². The topological polar surface area (TPSA) is 51.8 Å². The number of aromatic nitrogens is 2. The zero-order chi connectivity index (χ0) is 7.56. The molecule has 0 amide bonds. The normalized spacial score (nSPS) is 9.00. The summed E-state index contributed by atoms with van der Waals surface area (Å²) >= 11 is 5.68. The van der Waals surface area contributed by atoms with Gasteiger partial charge in [-0.05, 0) is 6.92 Å². The summed E-state index contributed by atoms with van der Waals surface area (Å²) in [4.78, 5) is 7.94. The molecule has 1 rings (SSSR count). The van der Waals surface area contributed by atoms with Gasteiger partial charge in [-0.25, -0.2) is 4.98 Å². The van der Waals surface area contributed by atoms with Crippen molar-refractivity contribution < 1.29 is 0 Å². The van der Waals surface area contributed by atoms with Crippen molar-refractivity contribution in [3.8, 4) is 0 Å². The number of aryl methyl sites for hydroxylation is 1. The van der Waals surface area contributed by atoms with Crippen molar-refractivity contribution in [1.82, 2.24) is 9.97 Å². The van der Waals surface area contributed by atoms with Gasteiger partial charge in [0.05, 0.1) is 11.4 Å². The molecule has 1 aromatic rings. The van der Waals surface area contributed by atoms with Gasteiger partial charge in [0.15, 0.2) is 5.15 Å². The Morgan fingerprint density at radius 1 is 1.64 bits per heavy atom. The van der Waals surface area contributed by atoms with Gasteiger partial charge >= 0.3 is 0 Å². The minimum Gasteiger partial charge on any atom is -0.325 e. The van der Waals surface area contributed by atoms with Crippen molar-refractivity contribution in [3.05, 3.63) is 22.7 Å². The molecule has 0 unspecified atom stereocenters. The van der Waals surface area contributed by atoms with E-state index in [1.807, 2.05) is 6.92 Å². The Bertz CT molecular complexity index is 239. The first-order chi connectivity index (χ1) is 4.74. The minimum absolute atomic E-state index is 0. The van der Waals surface area contributed by atoms with Crippen LogP contribution in [-0.4, -0.2) is 9.97 Å². The molecular formula is C6H9Cl2N3. The summed E-state index contributed by atoms with van der Waals surface area (Å²) in [7, 11) is 0. The van der Waals surface area contributed by atoms with Crippen LogP contribution in [0, 0.1) is 6.92 Å². The Morgan fingerprint density at radius 2 is 2.27 bits per heavy atom. The van der Waals surface area contributed by atoms with E-state index in [0.717, 1.165) is 5.69 Å². The van der Waals surface area contributed by atoms with Crippen LogP contribution in [0.25, 0.3) is 0 Å². The number of rotatable bonds is 1. The van der Waals surface area contributed by atoms with E-state index in [0.29, 0.717) is 17.4 Å². The lowest BCUT2D eigenvalue weighted by molar-refractivity contribution is 0.948. The first-order valence-electron chi connectivity index (χ1n) is 2.92. The SMILES string of the molecule is Cc1cnc(CN)c(Cl)n1.Cl. The zero-order valence-corrected chi connectivity index (χ0v) is 7.61. The van der Waals surface area contributed by atoms with Crippen LogP contribution in [0.3, 0.4) is 0 Å². The number of halogens is 2. The van der Waals surface area contributed by atoms with E-state index in [9.17, 15) is 0 Å².